The van der Waals surface area contributed by atoms with Crippen molar-refractivity contribution >= 4 is 27.5 Å². The van der Waals surface area contributed by atoms with E-state index >= 15 is 0 Å². The van der Waals surface area contributed by atoms with Crippen molar-refractivity contribution in [1.82, 2.24) is 9.97 Å². The van der Waals surface area contributed by atoms with Crippen molar-refractivity contribution in [3.63, 3.8) is 0 Å². The molecule has 0 amide bonds. The Morgan fingerprint density at radius 3 is 2.25 bits per heavy atom. The molecule has 44 heavy (non-hydrogen) atoms. The largest absolute Gasteiger partial charge is 0.512 e. The molecule has 0 saturated heterocycles. The predicted molar refractivity (Wildman–Crippen MR) is 180 cm³/mol. The molecule has 1 aliphatic carbocycles. The fourth-order valence-corrected chi connectivity index (χ4v) is 6.51. The number of carbonyl (C=O) groups is 1. The zero-order valence-corrected chi connectivity index (χ0v) is 30.4. The van der Waals surface area contributed by atoms with Crippen molar-refractivity contribution in [2.75, 3.05) is 0 Å². The number of rotatable bonds is 8. The third kappa shape index (κ3) is 7.32. The van der Waals surface area contributed by atoms with Crippen molar-refractivity contribution in [3.8, 4) is 11.3 Å². The number of carbonyl (C=O) groups excluding carboxylic acids is 1. The number of hydrogen-bond donors (Lipinski definition) is 1. The van der Waals surface area contributed by atoms with Gasteiger partial charge in [0.1, 0.15) is 0 Å². The summed E-state index contributed by atoms with van der Waals surface area (Å²) in [5, 5.41) is 13.5. The smallest absolute Gasteiger partial charge is 0.162 e. The summed E-state index contributed by atoms with van der Waals surface area (Å²) in [6.07, 6.45) is 7.75. The first-order chi connectivity index (χ1) is 20.4. The van der Waals surface area contributed by atoms with Gasteiger partial charge in [-0.1, -0.05) is 97.4 Å². The van der Waals surface area contributed by atoms with Crippen LogP contribution in [0.25, 0.3) is 32.9 Å². The van der Waals surface area contributed by atoms with Crippen molar-refractivity contribution in [3.05, 3.63) is 83.4 Å². The second-order valence-corrected chi connectivity index (χ2v) is 13.7. The quantitative estimate of drug-likeness (QED) is 0.110. The first kappa shape index (κ1) is 35.6. The van der Waals surface area contributed by atoms with Crippen LogP contribution in [0.1, 0.15) is 105 Å². The molecule has 237 valence electrons. The van der Waals surface area contributed by atoms with E-state index in [1.165, 1.54) is 33.4 Å². The van der Waals surface area contributed by atoms with Crippen LogP contribution in [0.5, 0.6) is 0 Å². The molecule has 2 heterocycles. The van der Waals surface area contributed by atoms with Crippen LogP contribution >= 0.6 is 0 Å². The molecule has 2 aromatic heterocycles. The van der Waals surface area contributed by atoms with E-state index < -0.39 is 0 Å². The number of nitrogens with zero attached hydrogens (tertiary/aromatic N) is 2. The van der Waals surface area contributed by atoms with Gasteiger partial charge in [0, 0.05) is 49.9 Å². The zero-order valence-electron chi connectivity index (χ0n) is 28.0. The Kier molecular flexibility index (Phi) is 11.7. The van der Waals surface area contributed by atoms with Crippen LogP contribution in [-0.2, 0) is 36.7 Å². The molecule has 0 fully saturated rings. The second-order valence-electron chi connectivity index (χ2n) is 13.7. The fourth-order valence-electron chi connectivity index (χ4n) is 6.51. The number of aliphatic hydroxyl groups is 1. The van der Waals surface area contributed by atoms with Crippen molar-refractivity contribution in [1.29, 1.82) is 0 Å². The number of ketones is 1. The Hall–Kier alpha value is -2.88. The van der Waals surface area contributed by atoms with Crippen LogP contribution < -0.4 is 0 Å². The van der Waals surface area contributed by atoms with E-state index in [1.54, 1.807) is 0 Å². The molecule has 0 saturated carbocycles. The molecular weight excluding hydrogens is 721 g/mol. The van der Waals surface area contributed by atoms with Crippen molar-refractivity contribution < 1.29 is 30.0 Å². The number of allylic oxidation sites excluding steroid dienone is 2. The van der Waals surface area contributed by atoms with Gasteiger partial charge >= 0.3 is 0 Å². The number of pyridine rings is 2. The molecule has 0 aliphatic heterocycles. The van der Waals surface area contributed by atoms with Gasteiger partial charge in [0.05, 0.1) is 11.3 Å². The van der Waals surface area contributed by atoms with Gasteiger partial charge in [-0.2, -0.15) is 0 Å². The third-order valence-electron chi connectivity index (χ3n) is 8.95. The molecule has 2 aromatic carbocycles. The van der Waals surface area contributed by atoms with Crippen LogP contribution in [0, 0.1) is 23.3 Å². The molecule has 0 bridgehead atoms. The Bertz CT molecular complexity index is 1640. The summed E-state index contributed by atoms with van der Waals surface area (Å²) in [6, 6.07) is 18.6. The first-order valence-corrected chi connectivity index (χ1v) is 16.0. The van der Waals surface area contributed by atoms with E-state index in [0.29, 0.717) is 0 Å². The molecule has 0 spiro atoms. The van der Waals surface area contributed by atoms with Crippen molar-refractivity contribution in [2.24, 2.45) is 17.3 Å². The van der Waals surface area contributed by atoms with Gasteiger partial charge in [-0.15, -0.1) is 23.3 Å². The number of hydrogen-bond acceptors (Lipinski definition) is 4. The van der Waals surface area contributed by atoms with Crippen LogP contribution in [0.2, 0.25) is 0 Å². The summed E-state index contributed by atoms with van der Waals surface area (Å²) in [4.78, 5) is 21.5. The minimum Gasteiger partial charge on any atom is -0.512 e. The summed E-state index contributed by atoms with van der Waals surface area (Å²) < 4.78 is 0. The van der Waals surface area contributed by atoms with E-state index in [1.807, 2.05) is 33.9 Å². The maximum atomic E-state index is 11.7. The maximum absolute atomic E-state index is 11.7. The van der Waals surface area contributed by atoms with E-state index in [4.69, 9.17) is 9.97 Å². The predicted octanol–water partition coefficient (Wildman–Crippen LogP) is 10.3. The topological polar surface area (TPSA) is 63.1 Å². The molecule has 1 aliphatic rings. The zero-order chi connectivity index (χ0) is 31.5. The average molecular weight is 770 g/mol. The second kappa shape index (κ2) is 14.5. The van der Waals surface area contributed by atoms with E-state index in [2.05, 4.69) is 83.1 Å². The number of benzene rings is 2. The monoisotopic (exact) mass is 770 g/mol. The number of aromatic nitrogens is 2. The van der Waals surface area contributed by atoms with Gasteiger partial charge in [0.2, 0.25) is 0 Å². The van der Waals surface area contributed by atoms with Crippen LogP contribution in [0.3, 0.4) is 0 Å². The van der Waals surface area contributed by atoms with E-state index in [0.717, 1.165) is 54.6 Å². The Morgan fingerprint density at radius 2 is 1.64 bits per heavy atom. The summed E-state index contributed by atoms with van der Waals surface area (Å²) in [6.45, 7) is 19.5. The van der Waals surface area contributed by atoms with E-state index in [-0.39, 0.29) is 54.3 Å². The van der Waals surface area contributed by atoms with Crippen molar-refractivity contribution in [2.45, 2.75) is 99.8 Å². The third-order valence-corrected chi connectivity index (χ3v) is 8.95. The molecule has 0 atom stereocenters. The summed E-state index contributed by atoms with van der Waals surface area (Å²) >= 11 is 0. The SMILES string of the molecule is CC(C)(C)Cc1cc2c3c(nccc3n1)-c1[c-]cc3ccccc3c1C2(C)C.CCC(CC)C(=O)/C=C(\O)C(CC)CC.[Ir]. The summed E-state index contributed by atoms with van der Waals surface area (Å²) in [7, 11) is 0. The van der Waals surface area contributed by atoms with Crippen LogP contribution in [0.4, 0.5) is 0 Å². The minimum atomic E-state index is -0.142. The molecular formula is C39H49IrN2O2-. The average Bonchev–Trinajstić information content (AvgIpc) is 2.96. The Balaban J connectivity index is 0.000000286. The summed E-state index contributed by atoms with van der Waals surface area (Å²) in [5.41, 5.74) is 7.05. The molecule has 5 heteroatoms. The van der Waals surface area contributed by atoms with Crippen LogP contribution in [0.15, 0.2) is 60.5 Å². The minimum absolute atomic E-state index is 0. The molecule has 1 N–H and O–H groups in total. The Labute approximate surface area is 278 Å². The normalized spacial score (nSPS) is 13.8. The van der Waals surface area contributed by atoms with Gasteiger partial charge in [0.25, 0.3) is 0 Å². The Morgan fingerprint density at radius 1 is 1.00 bits per heavy atom. The molecule has 4 nitrogen and oxygen atoms in total. The first-order valence-electron chi connectivity index (χ1n) is 16.0. The van der Waals surface area contributed by atoms with Gasteiger partial charge in [-0.3, -0.25) is 9.78 Å². The van der Waals surface area contributed by atoms with Crippen LogP contribution in [-0.4, -0.2) is 20.9 Å². The van der Waals surface area contributed by atoms with Gasteiger partial charge in [-0.05, 0) is 71.7 Å². The van der Waals surface area contributed by atoms with Gasteiger partial charge in [-0.25, -0.2) is 0 Å². The van der Waals surface area contributed by atoms with Gasteiger partial charge < -0.3 is 10.1 Å². The standard InChI is InChI=1S/C26H25N2.C13H24O2.Ir/c1-25(2,3)15-17-14-20-22-21(28-17)12-13-27-24(22)19-11-10-16-8-6-7-9-18(16)23(19)26(20,4)5;1-5-10(6-2)12(14)9-13(15)11(7-3)8-4;/h6-10,12-14H,15H2,1-5H3;9-11,14H,5-8H2,1-4H3;/q-1;;/b;12-9-;. The maximum Gasteiger partial charge on any atom is 0.162 e. The van der Waals surface area contributed by atoms with E-state index in [9.17, 15) is 9.90 Å². The molecule has 1 radical (unpaired) electrons. The number of fused-ring (bicyclic) bond motifs is 4. The molecule has 5 rings (SSSR count). The van der Waals surface area contributed by atoms with Gasteiger partial charge in [0.15, 0.2) is 5.78 Å². The fraction of sp³-hybridized carbons (Fsp3) is 0.462. The molecule has 4 aromatic rings. The number of aliphatic hydroxyl groups excluding tert-OH is 1. The summed E-state index contributed by atoms with van der Waals surface area (Å²) in [5.74, 6) is 0.547. The molecule has 0 unspecified atom stereocenters.